The zero-order valence-corrected chi connectivity index (χ0v) is 12.3. The lowest BCUT2D eigenvalue weighted by Gasteiger charge is -2.24. The molecule has 1 aromatic rings. The first kappa shape index (κ1) is 11.8. The maximum atomic E-state index is 3.59. The van der Waals surface area contributed by atoms with E-state index in [1.165, 1.54) is 30.0 Å². The number of halogens is 2. The van der Waals surface area contributed by atoms with Crippen molar-refractivity contribution < 1.29 is 0 Å². The van der Waals surface area contributed by atoms with E-state index in [1.54, 1.807) is 0 Å². The van der Waals surface area contributed by atoms with Gasteiger partial charge >= 0.3 is 0 Å². The fourth-order valence-corrected chi connectivity index (χ4v) is 3.91. The quantitative estimate of drug-likeness (QED) is 0.841. The average Bonchev–Trinajstić information content (AvgIpc) is 2.24. The van der Waals surface area contributed by atoms with Gasteiger partial charge in [-0.05, 0) is 52.7 Å². The zero-order valence-electron chi connectivity index (χ0n) is 8.30. The number of hydrogen-bond acceptors (Lipinski definition) is 2. The van der Waals surface area contributed by atoms with E-state index in [0.717, 1.165) is 8.95 Å². The molecular weight excluding hydrogens is 338 g/mol. The van der Waals surface area contributed by atoms with Gasteiger partial charge in [0.25, 0.3) is 0 Å². The summed E-state index contributed by atoms with van der Waals surface area (Å²) in [7, 11) is 0. The van der Waals surface area contributed by atoms with Gasteiger partial charge < -0.3 is 5.32 Å². The highest BCUT2D eigenvalue weighted by Crippen LogP contribution is 2.28. The normalized spacial score (nSPS) is 21.3. The maximum Gasteiger partial charge on any atom is 0.0487 e. The standard InChI is InChI=1S/C11H13Br2NS/c12-8-3-4-11(10(13)6-8)14-9-2-1-5-15-7-9/h3-4,6,9,14H,1-2,5,7H2. The molecule has 4 heteroatoms. The smallest absolute Gasteiger partial charge is 0.0487 e. The largest absolute Gasteiger partial charge is 0.381 e. The van der Waals surface area contributed by atoms with Crippen molar-refractivity contribution >= 4 is 49.3 Å². The third-order valence-electron chi connectivity index (χ3n) is 2.45. The Balaban J connectivity index is 2.03. The van der Waals surface area contributed by atoms with Crippen LogP contribution in [0.4, 0.5) is 5.69 Å². The molecule has 0 aromatic heterocycles. The lowest BCUT2D eigenvalue weighted by molar-refractivity contribution is 0.685. The summed E-state index contributed by atoms with van der Waals surface area (Å²) in [5.74, 6) is 2.54. The van der Waals surface area contributed by atoms with Crippen LogP contribution in [0, 0.1) is 0 Å². The highest BCUT2D eigenvalue weighted by Gasteiger charge is 2.14. The molecule has 1 saturated heterocycles. The molecule has 2 rings (SSSR count). The molecule has 1 atom stereocenters. The summed E-state index contributed by atoms with van der Waals surface area (Å²) in [4.78, 5) is 0. The van der Waals surface area contributed by atoms with Gasteiger partial charge in [0.15, 0.2) is 0 Å². The van der Waals surface area contributed by atoms with Gasteiger partial charge in [-0.2, -0.15) is 11.8 Å². The fraction of sp³-hybridized carbons (Fsp3) is 0.455. The Bertz CT molecular complexity index is 337. The summed E-state index contributed by atoms with van der Waals surface area (Å²) in [5, 5.41) is 3.59. The second-order valence-electron chi connectivity index (χ2n) is 3.68. The van der Waals surface area contributed by atoms with Gasteiger partial charge in [0.05, 0.1) is 0 Å². The second-order valence-corrected chi connectivity index (χ2v) is 6.60. The summed E-state index contributed by atoms with van der Waals surface area (Å²) in [6.07, 6.45) is 2.62. The molecule has 0 spiro atoms. The number of rotatable bonds is 2. The van der Waals surface area contributed by atoms with Crippen LogP contribution in [0.2, 0.25) is 0 Å². The van der Waals surface area contributed by atoms with Crippen LogP contribution in [0.15, 0.2) is 27.1 Å². The number of benzene rings is 1. The Morgan fingerprint density at radius 3 is 2.87 bits per heavy atom. The van der Waals surface area contributed by atoms with Crippen molar-refractivity contribution in [2.45, 2.75) is 18.9 Å². The van der Waals surface area contributed by atoms with E-state index < -0.39 is 0 Å². The maximum absolute atomic E-state index is 3.59. The van der Waals surface area contributed by atoms with Crippen molar-refractivity contribution in [2.24, 2.45) is 0 Å². The van der Waals surface area contributed by atoms with Gasteiger partial charge in [-0.25, -0.2) is 0 Å². The molecule has 0 amide bonds. The van der Waals surface area contributed by atoms with E-state index in [0.29, 0.717) is 6.04 Å². The molecule has 1 N–H and O–H groups in total. The SMILES string of the molecule is Brc1ccc(NC2CCCSC2)c(Br)c1. The summed E-state index contributed by atoms with van der Waals surface area (Å²) in [6.45, 7) is 0. The summed E-state index contributed by atoms with van der Waals surface area (Å²) >= 11 is 9.08. The van der Waals surface area contributed by atoms with Crippen LogP contribution in [-0.2, 0) is 0 Å². The number of thioether (sulfide) groups is 1. The van der Waals surface area contributed by atoms with Crippen LogP contribution in [0.25, 0.3) is 0 Å². The van der Waals surface area contributed by atoms with Gasteiger partial charge in [0.2, 0.25) is 0 Å². The number of anilines is 1. The molecule has 1 aliphatic rings. The van der Waals surface area contributed by atoms with Crippen molar-refractivity contribution in [3.05, 3.63) is 27.1 Å². The molecule has 1 fully saturated rings. The highest BCUT2D eigenvalue weighted by molar-refractivity contribution is 9.11. The zero-order chi connectivity index (χ0) is 10.7. The average molecular weight is 351 g/mol. The Morgan fingerprint density at radius 2 is 2.20 bits per heavy atom. The molecule has 0 bridgehead atoms. The van der Waals surface area contributed by atoms with Gasteiger partial charge in [0, 0.05) is 26.4 Å². The van der Waals surface area contributed by atoms with Crippen LogP contribution in [-0.4, -0.2) is 17.5 Å². The Morgan fingerprint density at radius 1 is 1.33 bits per heavy atom. The van der Waals surface area contributed by atoms with Crippen molar-refractivity contribution in [1.82, 2.24) is 0 Å². The Kier molecular flexibility index (Phi) is 4.40. The van der Waals surface area contributed by atoms with Crippen LogP contribution in [0.3, 0.4) is 0 Å². The molecule has 1 nitrogen and oxygen atoms in total. The molecule has 82 valence electrons. The predicted octanol–water partition coefficient (Wildman–Crippen LogP) is 4.52. The number of hydrogen-bond donors (Lipinski definition) is 1. The first-order chi connectivity index (χ1) is 7.25. The topological polar surface area (TPSA) is 12.0 Å². The lowest BCUT2D eigenvalue weighted by Crippen LogP contribution is -2.25. The fourth-order valence-electron chi connectivity index (χ4n) is 1.68. The summed E-state index contributed by atoms with van der Waals surface area (Å²) in [6, 6.07) is 6.90. The van der Waals surface area contributed by atoms with Crippen LogP contribution >= 0.6 is 43.6 Å². The molecule has 0 aliphatic carbocycles. The molecule has 1 aromatic carbocycles. The van der Waals surface area contributed by atoms with E-state index in [-0.39, 0.29) is 0 Å². The molecular formula is C11H13Br2NS. The van der Waals surface area contributed by atoms with Crippen LogP contribution in [0.1, 0.15) is 12.8 Å². The Hall–Kier alpha value is 0.330. The van der Waals surface area contributed by atoms with E-state index in [2.05, 4.69) is 55.4 Å². The minimum atomic E-state index is 0.626. The second kappa shape index (κ2) is 5.60. The molecule has 1 heterocycles. The van der Waals surface area contributed by atoms with Gasteiger partial charge in [-0.15, -0.1) is 0 Å². The monoisotopic (exact) mass is 349 g/mol. The first-order valence-electron chi connectivity index (χ1n) is 5.05. The first-order valence-corrected chi connectivity index (χ1v) is 7.79. The minimum absolute atomic E-state index is 0.626. The third kappa shape index (κ3) is 3.40. The van der Waals surface area contributed by atoms with Gasteiger partial charge in [-0.3, -0.25) is 0 Å². The minimum Gasteiger partial charge on any atom is -0.381 e. The van der Waals surface area contributed by atoms with Crippen LogP contribution in [0.5, 0.6) is 0 Å². The molecule has 1 unspecified atom stereocenters. The predicted molar refractivity (Wildman–Crippen MR) is 75.8 cm³/mol. The summed E-state index contributed by atoms with van der Waals surface area (Å²) < 4.78 is 2.24. The van der Waals surface area contributed by atoms with Crippen molar-refractivity contribution in [1.29, 1.82) is 0 Å². The van der Waals surface area contributed by atoms with Crippen molar-refractivity contribution in [2.75, 3.05) is 16.8 Å². The van der Waals surface area contributed by atoms with Crippen molar-refractivity contribution in [3.63, 3.8) is 0 Å². The third-order valence-corrected chi connectivity index (χ3v) is 4.82. The molecule has 1 aliphatic heterocycles. The van der Waals surface area contributed by atoms with E-state index in [1.807, 2.05) is 11.8 Å². The van der Waals surface area contributed by atoms with E-state index in [4.69, 9.17) is 0 Å². The summed E-state index contributed by atoms with van der Waals surface area (Å²) in [5.41, 5.74) is 1.20. The molecule has 15 heavy (non-hydrogen) atoms. The van der Waals surface area contributed by atoms with E-state index >= 15 is 0 Å². The lowest BCUT2D eigenvalue weighted by atomic mass is 10.2. The Labute approximate surface area is 112 Å². The van der Waals surface area contributed by atoms with Crippen LogP contribution < -0.4 is 5.32 Å². The highest BCUT2D eigenvalue weighted by atomic mass is 79.9. The van der Waals surface area contributed by atoms with E-state index in [9.17, 15) is 0 Å². The van der Waals surface area contributed by atoms with Crippen molar-refractivity contribution in [3.8, 4) is 0 Å². The van der Waals surface area contributed by atoms with Gasteiger partial charge in [-0.1, -0.05) is 15.9 Å². The van der Waals surface area contributed by atoms with Gasteiger partial charge in [0.1, 0.15) is 0 Å². The molecule has 0 saturated carbocycles. The molecule has 0 radical (unpaired) electrons. The number of nitrogens with one attached hydrogen (secondary N) is 1.